The van der Waals surface area contributed by atoms with Crippen LogP contribution in [0.5, 0.6) is 0 Å². The van der Waals surface area contributed by atoms with Gasteiger partial charge in [-0.1, -0.05) is 17.7 Å². The Bertz CT molecular complexity index is 1550. The summed E-state index contributed by atoms with van der Waals surface area (Å²) in [5.74, 6) is -0.824. The summed E-state index contributed by atoms with van der Waals surface area (Å²) in [6, 6.07) is 9.97. The van der Waals surface area contributed by atoms with Gasteiger partial charge in [-0.2, -0.15) is 0 Å². The first-order chi connectivity index (χ1) is 17.2. The standard InChI is InChI=1S/C23H19ClN6O6/c1-2-36-22(32)20-21(31)28-17-9-16(24)19(10-18(17)27-20)29-7-6-13(12-29)11-25-23(33)26-14-4-3-5-15(8-14)30(34)35/h3-10,12H,2,11H2,1H3,(H,28,31)(H2,25,26,33). The summed E-state index contributed by atoms with van der Waals surface area (Å²) in [5, 5.41) is 16.4. The number of urea groups is 1. The molecule has 4 aromatic rings. The third-order valence-electron chi connectivity index (χ3n) is 5.03. The lowest BCUT2D eigenvalue weighted by molar-refractivity contribution is -0.384. The molecule has 0 radical (unpaired) electrons. The quantitative estimate of drug-likeness (QED) is 0.193. The van der Waals surface area contributed by atoms with Crippen LogP contribution < -0.4 is 16.2 Å². The third kappa shape index (κ3) is 5.33. The molecule has 0 spiro atoms. The number of amides is 2. The molecule has 0 saturated heterocycles. The van der Waals surface area contributed by atoms with Gasteiger partial charge in [0.2, 0.25) is 5.69 Å². The molecule has 0 unspecified atom stereocenters. The smallest absolute Gasteiger partial charge is 0.362 e. The van der Waals surface area contributed by atoms with E-state index >= 15 is 0 Å². The van der Waals surface area contributed by atoms with Gasteiger partial charge in [0.1, 0.15) is 0 Å². The minimum absolute atomic E-state index is 0.104. The van der Waals surface area contributed by atoms with Crippen LogP contribution in [0, 0.1) is 10.1 Å². The molecule has 2 aromatic carbocycles. The highest BCUT2D eigenvalue weighted by Crippen LogP contribution is 2.26. The Balaban J connectivity index is 1.49. The number of aromatic amines is 1. The van der Waals surface area contributed by atoms with Crippen molar-refractivity contribution in [2.45, 2.75) is 13.5 Å². The van der Waals surface area contributed by atoms with Crippen molar-refractivity contribution in [2.75, 3.05) is 11.9 Å². The first-order valence-electron chi connectivity index (χ1n) is 10.6. The van der Waals surface area contributed by atoms with Crippen molar-refractivity contribution in [2.24, 2.45) is 0 Å². The van der Waals surface area contributed by atoms with E-state index in [1.165, 1.54) is 24.3 Å². The number of carbonyl (C=O) groups is 2. The van der Waals surface area contributed by atoms with E-state index in [2.05, 4.69) is 20.6 Å². The minimum Gasteiger partial charge on any atom is -0.461 e. The van der Waals surface area contributed by atoms with Crippen LogP contribution in [-0.4, -0.2) is 38.1 Å². The highest BCUT2D eigenvalue weighted by Gasteiger charge is 2.17. The number of non-ortho nitro benzene ring substituents is 1. The lowest BCUT2D eigenvalue weighted by atomic mass is 10.2. The number of benzene rings is 2. The molecule has 0 aliphatic rings. The van der Waals surface area contributed by atoms with Crippen molar-refractivity contribution in [3.05, 3.63) is 91.6 Å². The maximum atomic E-state index is 12.2. The number of hydrogen-bond donors (Lipinski definition) is 3. The largest absolute Gasteiger partial charge is 0.461 e. The zero-order chi connectivity index (χ0) is 25.8. The lowest BCUT2D eigenvalue weighted by Crippen LogP contribution is -2.28. The fraction of sp³-hybridized carbons (Fsp3) is 0.130. The predicted octanol–water partition coefficient (Wildman–Crippen LogP) is 3.77. The van der Waals surface area contributed by atoms with Crippen LogP contribution in [0.2, 0.25) is 5.02 Å². The Kier molecular flexibility index (Phi) is 6.97. The van der Waals surface area contributed by atoms with E-state index in [0.717, 1.165) is 5.56 Å². The summed E-state index contributed by atoms with van der Waals surface area (Å²) in [5.41, 5.74) is 1.08. The molecule has 0 saturated carbocycles. The number of fused-ring (bicyclic) bond motifs is 1. The van der Waals surface area contributed by atoms with Crippen molar-refractivity contribution < 1.29 is 19.2 Å². The number of esters is 1. The molecule has 0 bridgehead atoms. The topological polar surface area (TPSA) is 161 Å². The lowest BCUT2D eigenvalue weighted by Gasteiger charge is -2.09. The normalized spacial score (nSPS) is 10.7. The van der Waals surface area contributed by atoms with Crippen LogP contribution in [0.4, 0.5) is 16.2 Å². The fourth-order valence-corrected chi connectivity index (χ4v) is 3.64. The average molecular weight is 511 g/mol. The van der Waals surface area contributed by atoms with Gasteiger partial charge in [-0.3, -0.25) is 14.9 Å². The number of H-pyrrole nitrogens is 1. The molecule has 0 atom stereocenters. The number of halogens is 1. The molecule has 3 N–H and O–H groups in total. The number of nitro groups is 1. The Morgan fingerprint density at radius 2 is 2.06 bits per heavy atom. The van der Waals surface area contributed by atoms with Crippen molar-refractivity contribution in [3.63, 3.8) is 0 Å². The van der Waals surface area contributed by atoms with E-state index in [4.69, 9.17) is 16.3 Å². The van der Waals surface area contributed by atoms with Crippen molar-refractivity contribution in [3.8, 4) is 5.69 Å². The number of nitrogens with zero attached hydrogens (tertiary/aromatic N) is 3. The van der Waals surface area contributed by atoms with Gasteiger partial charge >= 0.3 is 12.0 Å². The first-order valence-corrected chi connectivity index (χ1v) is 11.0. The molecule has 0 aliphatic heterocycles. The van der Waals surface area contributed by atoms with Crippen LogP contribution in [0.1, 0.15) is 23.0 Å². The summed E-state index contributed by atoms with van der Waals surface area (Å²) >= 11 is 6.41. The maximum Gasteiger partial charge on any atom is 0.362 e. The molecular formula is C23H19ClN6O6. The van der Waals surface area contributed by atoms with E-state index in [1.807, 2.05) is 0 Å². The minimum atomic E-state index is -0.824. The number of nitro benzene ring substituents is 1. The van der Waals surface area contributed by atoms with Gasteiger partial charge in [-0.05, 0) is 36.8 Å². The number of aromatic nitrogens is 3. The van der Waals surface area contributed by atoms with E-state index in [0.29, 0.717) is 21.7 Å². The van der Waals surface area contributed by atoms with Crippen LogP contribution in [0.3, 0.4) is 0 Å². The predicted molar refractivity (Wildman–Crippen MR) is 132 cm³/mol. The molecule has 4 rings (SSSR count). The van der Waals surface area contributed by atoms with Crippen LogP contribution >= 0.6 is 11.6 Å². The van der Waals surface area contributed by atoms with Crippen molar-refractivity contribution in [1.29, 1.82) is 0 Å². The molecule has 12 nitrogen and oxygen atoms in total. The number of nitrogens with one attached hydrogen (secondary N) is 3. The van der Waals surface area contributed by atoms with Gasteiger partial charge in [0, 0.05) is 36.8 Å². The SMILES string of the molecule is CCOC(=O)c1nc2cc(-n3ccc(CNC(=O)Nc4cccc([N+](=O)[O-])c4)c3)c(Cl)cc2[nH]c1=O. The molecule has 0 fully saturated rings. The first kappa shape index (κ1) is 24.4. The van der Waals surface area contributed by atoms with Gasteiger partial charge in [0.15, 0.2) is 0 Å². The Morgan fingerprint density at radius 3 is 2.81 bits per heavy atom. The summed E-state index contributed by atoms with van der Waals surface area (Å²) < 4.78 is 6.58. The number of anilines is 1. The molecular weight excluding hydrogens is 492 g/mol. The Hall–Kier alpha value is -4.71. The number of rotatable bonds is 7. The summed E-state index contributed by atoms with van der Waals surface area (Å²) in [6.07, 6.45) is 3.46. The second kappa shape index (κ2) is 10.3. The molecule has 36 heavy (non-hydrogen) atoms. The second-order valence-electron chi connectivity index (χ2n) is 7.50. The molecule has 2 heterocycles. The van der Waals surface area contributed by atoms with Crippen LogP contribution in [-0.2, 0) is 11.3 Å². The maximum absolute atomic E-state index is 12.2. The molecule has 13 heteroatoms. The third-order valence-corrected chi connectivity index (χ3v) is 5.33. The van der Waals surface area contributed by atoms with Crippen LogP contribution in [0.25, 0.3) is 16.7 Å². The second-order valence-corrected chi connectivity index (χ2v) is 7.91. The summed E-state index contributed by atoms with van der Waals surface area (Å²) in [6.45, 7) is 1.89. The Labute approximate surface area is 208 Å². The number of ether oxygens (including phenoxy) is 1. The summed E-state index contributed by atoms with van der Waals surface area (Å²) in [7, 11) is 0. The van der Waals surface area contributed by atoms with Gasteiger partial charge in [-0.25, -0.2) is 14.6 Å². The highest BCUT2D eigenvalue weighted by atomic mass is 35.5. The summed E-state index contributed by atoms with van der Waals surface area (Å²) in [4.78, 5) is 53.5. The number of carbonyl (C=O) groups excluding carboxylic acids is 2. The van der Waals surface area contributed by atoms with Gasteiger partial charge in [0.05, 0.1) is 33.3 Å². The van der Waals surface area contributed by atoms with Gasteiger partial charge < -0.3 is 24.9 Å². The van der Waals surface area contributed by atoms with Crippen LogP contribution in [0.15, 0.2) is 59.7 Å². The van der Waals surface area contributed by atoms with E-state index < -0.39 is 22.5 Å². The average Bonchev–Trinajstić information content (AvgIpc) is 3.31. The monoisotopic (exact) mass is 510 g/mol. The van der Waals surface area contributed by atoms with E-state index in [9.17, 15) is 24.5 Å². The highest BCUT2D eigenvalue weighted by molar-refractivity contribution is 6.33. The van der Waals surface area contributed by atoms with Gasteiger partial charge in [0.25, 0.3) is 11.2 Å². The Morgan fingerprint density at radius 1 is 1.25 bits per heavy atom. The molecule has 184 valence electrons. The molecule has 0 aliphatic carbocycles. The number of hydrogen-bond acceptors (Lipinski definition) is 7. The van der Waals surface area contributed by atoms with E-state index in [1.54, 1.807) is 42.1 Å². The van der Waals surface area contributed by atoms with Crippen molar-refractivity contribution >= 4 is 46.0 Å². The van der Waals surface area contributed by atoms with Crippen molar-refractivity contribution in [1.82, 2.24) is 19.9 Å². The fourth-order valence-electron chi connectivity index (χ4n) is 3.38. The van der Waals surface area contributed by atoms with Gasteiger partial charge in [-0.15, -0.1) is 0 Å². The van der Waals surface area contributed by atoms with E-state index in [-0.39, 0.29) is 30.2 Å². The zero-order valence-corrected chi connectivity index (χ0v) is 19.5. The zero-order valence-electron chi connectivity index (χ0n) is 18.8. The molecule has 2 aromatic heterocycles. The molecule has 2 amide bonds.